The van der Waals surface area contributed by atoms with Crippen molar-refractivity contribution in [1.82, 2.24) is 10.2 Å². The standard InChI is InChI=1S/C17H17FN2O3/c1-5-13-11(16(20-19-13)17(21)23-4)9-10(2)15-12(18)7-6-8-14(15)22-3/h5-9H,1H2,2-4H3,(H,19,20)/b10-9+. The van der Waals surface area contributed by atoms with Crippen molar-refractivity contribution in [2.45, 2.75) is 6.92 Å². The van der Waals surface area contributed by atoms with Crippen LogP contribution in [0.15, 0.2) is 24.8 Å². The molecule has 1 aromatic carbocycles. The summed E-state index contributed by atoms with van der Waals surface area (Å²) >= 11 is 0. The number of rotatable bonds is 5. The normalized spacial score (nSPS) is 11.2. The van der Waals surface area contributed by atoms with Crippen molar-refractivity contribution in [2.24, 2.45) is 0 Å². The maximum atomic E-state index is 14.2. The number of nitrogens with zero attached hydrogens (tertiary/aromatic N) is 1. The predicted octanol–water partition coefficient (Wildman–Crippen LogP) is 3.55. The number of allylic oxidation sites excluding steroid dienone is 1. The molecule has 0 bridgehead atoms. The minimum atomic E-state index is -0.589. The van der Waals surface area contributed by atoms with Gasteiger partial charge in [0.25, 0.3) is 0 Å². The molecule has 1 heterocycles. The average molecular weight is 316 g/mol. The lowest BCUT2D eigenvalue weighted by atomic mass is 10.0. The predicted molar refractivity (Wildman–Crippen MR) is 86.5 cm³/mol. The van der Waals surface area contributed by atoms with E-state index in [9.17, 15) is 9.18 Å². The van der Waals surface area contributed by atoms with Crippen molar-refractivity contribution < 1.29 is 18.7 Å². The Morgan fingerprint density at radius 2 is 2.13 bits per heavy atom. The van der Waals surface area contributed by atoms with Crippen LogP contribution in [0.5, 0.6) is 5.75 Å². The number of hydrogen-bond acceptors (Lipinski definition) is 4. The van der Waals surface area contributed by atoms with Gasteiger partial charge < -0.3 is 9.47 Å². The third-order valence-electron chi connectivity index (χ3n) is 3.37. The van der Waals surface area contributed by atoms with Crippen LogP contribution in [-0.4, -0.2) is 30.4 Å². The summed E-state index contributed by atoms with van der Waals surface area (Å²) < 4.78 is 24.1. The molecule has 0 unspecified atom stereocenters. The average Bonchev–Trinajstić information content (AvgIpc) is 2.96. The van der Waals surface area contributed by atoms with Gasteiger partial charge >= 0.3 is 5.97 Å². The summed E-state index contributed by atoms with van der Waals surface area (Å²) in [5, 5.41) is 6.63. The lowest BCUT2D eigenvalue weighted by Crippen LogP contribution is -2.04. The molecule has 0 aliphatic rings. The van der Waals surface area contributed by atoms with Gasteiger partial charge in [-0.1, -0.05) is 12.6 Å². The molecule has 0 aliphatic heterocycles. The molecule has 0 aliphatic carbocycles. The Hall–Kier alpha value is -2.89. The van der Waals surface area contributed by atoms with Gasteiger partial charge in [0.1, 0.15) is 11.6 Å². The zero-order valence-electron chi connectivity index (χ0n) is 13.1. The molecule has 2 rings (SSSR count). The van der Waals surface area contributed by atoms with Crippen molar-refractivity contribution in [3.63, 3.8) is 0 Å². The van der Waals surface area contributed by atoms with Gasteiger partial charge in [0, 0.05) is 5.56 Å². The third kappa shape index (κ3) is 3.15. The van der Waals surface area contributed by atoms with Crippen LogP contribution in [0, 0.1) is 5.82 Å². The summed E-state index contributed by atoms with van der Waals surface area (Å²) in [5.41, 5.74) is 2.03. The molecule has 0 radical (unpaired) electrons. The molecule has 0 fully saturated rings. The molecule has 0 saturated heterocycles. The zero-order valence-corrected chi connectivity index (χ0v) is 13.1. The first-order chi connectivity index (χ1) is 11.0. The van der Waals surface area contributed by atoms with Crippen LogP contribution in [0.3, 0.4) is 0 Å². The Morgan fingerprint density at radius 3 is 2.74 bits per heavy atom. The summed E-state index contributed by atoms with van der Waals surface area (Å²) in [6.45, 7) is 5.39. The maximum absolute atomic E-state index is 14.2. The maximum Gasteiger partial charge on any atom is 0.359 e. The molecule has 1 aromatic heterocycles. The Morgan fingerprint density at radius 1 is 1.39 bits per heavy atom. The highest BCUT2D eigenvalue weighted by molar-refractivity contribution is 5.96. The number of carbonyl (C=O) groups is 1. The summed E-state index contributed by atoms with van der Waals surface area (Å²) in [6, 6.07) is 4.58. The number of aromatic amines is 1. The van der Waals surface area contributed by atoms with E-state index in [0.717, 1.165) is 0 Å². The van der Waals surface area contributed by atoms with Crippen LogP contribution in [0.4, 0.5) is 4.39 Å². The molecule has 0 amide bonds. The minimum absolute atomic E-state index is 0.108. The van der Waals surface area contributed by atoms with Gasteiger partial charge in [-0.05, 0) is 36.8 Å². The minimum Gasteiger partial charge on any atom is -0.496 e. The number of carbonyl (C=O) groups excluding carboxylic acids is 1. The van der Waals surface area contributed by atoms with Crippen LogP contribution < -0.4 is 4.74 Å². The lowest BCUT2D eigenvalue weighted by molar-refractivity contribution is 0.0594. The van der Waals surface area contributed by atoms with Crippen molar-refractivity contribution in [1.29, 1.82) is 0 Å². The first kappa shape index (κ1) is 16.5. The van der Waals surface area contributed by atoms with Crippen LogP contribution in [0.25, 0.3) is 17.7 Å². The molecule has 23 heavy (non-hydrogen) atoms. The third-order valence-corrected chi connectivity index (χ3v) is 3.37. The van der Waals surface area contributed by atoms with Crippen molar-refractivity contribution in [3.8, 4) is 5.75 Å². The fourth-order valence-corrected chi connectivity index (χ4v) is 2.26. The lowest BCUT2D eigenvalue weighted by Gasteiger charge is -2.10. The van der Waals surface area contributed by atoms with Gasteiger partial charge in [0.15, 0.2) is 5.69 Å². The van der Waals surface area contributed by atoms with Gasteiger partial charge in [-0.3, -0.25) is 5.10 Å². The number of aromatic nitrogens is 2. The number of methoxy groups -OCH3 is 2. The van der Waals surface area contributed by atoms with Crippen molar-refractivity contribution in [3.05, 3.63) is 53.1 Å². The number of nitrogens with one attached hydrogen (secondary N) is 1. The number of benzene rings is 1. The van der Waals surface area contributed by atoms with Gasteiger partial charge in [0.05, 0.1) is 25.5 Å². The van der Waals surface area contributed by atoms with Gasteiger partial charge in [-0.2, -0.15) is 5.10 Å². The first-order valence-electron chi connectivity index (χ1n) is 6.83. The fraction of sp³-hybridized carbons (Fsp3) is 0.176. The summed E-state index contributed by atoms with van der Waals surface area (Å²) in [6.07, 6.45) is 3.17. The fourth-order valence-electron chi connectivity index (χ4n) is 2.26. The largest absolute Gasteiger partial charge is 0.496 e. The van der Waals surface area contributed by atoms with E-state index in [1.807, 2.05) is 0 Å². The van der Waals surface area contributed by atoms with Crippen LogP contribution in [0.1, 0.15) is 34.2 Å². The smallest absolute Gasteiger partial charge is 0.359 e. The monoisotopic (exact) mass is 316 g/mol. The molecule has 0 saturated carbocycles. The molecular formula is C17H17FN2O3. The van der Waals surface area contributed by atoms with Crippen LogP contribution in [-0.2, 0) is 4.74 Å². The van der Waals surface area contributed by atoms with Crippen molar-refractivity contribution >= 4 is 23.7 Å². The highest BCUT2D eigenvalue weighted by Gasteiger charge is 2.19. The van der Waals surface area contributed by atoms with Gasteiger partial charge in [-0.25, -0.2) is 9.18 Å². The van der Waals surface area contributed by atoms with Gasteiger partial charge in [-0.15, -0.1) is 0 Å². The number of H-pyrrole nitrogens is 1. The Bertz CT molecular complexity index is 778. The molecule has 0 spiro atoms. The summed E-state index contributed by atoms with van der Waals surface area (Å²) in [5.74, 6) is -0.600. The second-order valence-corrected chi connectivity index (χ2v) is 4.74. The van der Waals surface area contributed by atoms with E-state index in [-0.39, 0.29) is 5.69 Å². The second-order valence-electron chi connectivity index (χ2n) is 4.74. The Labute approximate surface area is 133 Å². The first-order valence-corrected chi connectivity index (χ1v) is 6.83. The van der Waals surface area contributed by atoms with E-state index in [2.05, 4.69) is 16.8 Å². The number of esters is 1. The number of ether oxygens (including phenoxy) is 2. The number of halogens is 1. The van der Waals surface area contributed by atoms with E-state index in [4.69, 9.17) is 9.47 Å². The molecule has 120 valence electrons. The summed E-state index contributed by atoms with van der Waals surface area (Å²) in [4.78, 5) is 11.8. The van der Waals surface area contributed by atoms with Gasteiger partial charge in [0.2, 0.25) is 0 Å². The highest BCUT2D eigenvalue weighted by Crippen LogP contribution is 2.31. The Balaban J connectivity index is 2.61. The summed E-state index contributed by atoms with van der Waals surface area (Å²) in [7, 11) is 2.74. The van der Waals surface area contributed by atoms with Crippen molar-refractivity contribution in [2.75, 3.05) is 14.2 Å². The molecular weight excluding hydrogens is 299 g/mol. The molecule has 5 nitrogen and oxygen atoms in total. The van der Waals surface area contributed by atoms with E-state index < -0.39 is 11.8 Å². The van der Waals surface area contributed by atoms with Crippen LogP contribution >= 0.6 is 0 Å². The van der Waals surface area contributed by atoms with Crippen LogP contribution in [0.2, 0.25) is 0 Å². The Kier molecular flexibility index (Phi) is 4.95. The number of hydrogen-bond donors (Lipinski definition) is 1. The van der Waals surface area contributed by atoms with E-state index in [1.54, 1.807) is 25.1 Å². The van der Waals surface area contributed by atoms with E-state index in [1.165, 1.54) is 26.4 Å². The topological polar surface area (TPSA) is 64.2 Å². The molecule has 6 heteroatoms. The SMILES string of the molecule is C=Cc1[nH]nc(C(=O)OC)c1/C=C(\C)c1c(F)cccc1OC. The quantitative estimate of drug-likeness (QED) is 0.857. The molecule has 0 atom stereocenters. The van der Waals surface area contributed by atoms with E-state index in [0.29, 0.717) is 28.1 Å². The zero-order chi connectivity index (χ0) is 17.0. The second kappa shape index (κ2) is 6.91. The molecule has 2 aromatic rings. The molecule has 1 N–H and O–H groups in total. The highest BCUT2D eigenvalue weighted by atomic mass is 19.1. The van der Waals surface area contributed by atoms with E-state index >= 15 is 0 Å².